The van der Waals surface area contributed by atoms with Crippen LogP contribution in [-0.2, 0) is 0 Å². The first kappa shape index (κ1) is 11.8. The number of nitrogen functional groups attached to an aromatic ring is 1. The summed E-state index contributed by atoms with van der Waals surface area (Å²) in [5.74, 6) is -0.646. The van der Waals surface area contributed by atoms with Gasteiger partial charge in [-0.05, 0) is 25.3 Å². The monoisotopic (exact) mass is 237 g/mol. The number of carbonyl (C=O) groups is 1. The molecule has 0 aliphatic carbocycles. The van der Waals surface area contributed by atoms with Crippen LogP contribution in [0.2, 0.25) is 0 Å². The Morgan fingerprint density at radius 3 is 3.18 bits per heavy atom. The van der Waals surface area contributed by atoms with Crippen molar-refractivity contribution in [2.24, 2.45) is 0 Å². The molecule has 1 atom stereocenters. The van der Waals surface area contributed by atoms with E-state index < -0.39 is 5.82 Å². The lowest BCUT2D eigenvalue weighted by atomic mass is 10.1. The van der Waals surface area contributed by atoms with Gasteiger partial charge in [0.25, 0.3) is 5.91 Å². The van der Waals surface area contributed by atoms with Crippen LogP contribution in [0.15, 0.2) is 12.3 Å². The Bertz CT molecular complexity index is 436. The molecule has 4 nitrogen and oxygen atoms in total. The van der Waals surface area contributed by atoms with Crippen LogP contribution >= 0.6 is 0 Å². The molecule has 1 saturated heterocycles. The van der Waals surface area contributed by atoms with E-state index in [0.29, 0.717) is 6.54 Å². The van der Waals surface area contributed by atoms with Crippen molar-refractivity contribution in [2.45, 2.75) is 32.2 Å². The summed E-state index contributed by atoms with van der Waals surface area (Å²) < 4.78 is 13.1. The van der Waals surface area contributed by atoms with Gasteiger partial charge < -0.3 is 10.6 Å². The first-order chi connectivity index (χ1) is 8.13. The van der Waals surface area contributed by atoms with Gasteiger partial charge in [-0.1, -0.05) is 6.92 Å². The summed E-state index contributed by atoms with van der Waals surface area (Å²) in [7, 11) is 0. The predicted octanol–water partition coefficient (Wildman–Crippen LogP) is 1.82. The van der Waals surface area contributed by atoms with Gasteiger partial charge >= 0.3 is 0 Å². The van der Waals surface area contributed by atoms with Gasteiger partial charge in [-0.3, -0.25) is 4.79 Å². The molecule has 1 aromatic rings. The van der Waals surface area contributed by atoms with E-state index in [-0.39, 0.29) is 23.3 Å². The van der Waals surface area contributed by atoms with Crippen LogP contribution in [0, 0.1) is 5.82 Å². The van der Waals surface area contributed by atoms with E-state index in [1.165, 1.54) is 0 Å². The first-order valence-electron chi connectivity index (χ1n) is 5.85. The molecular formula is C12H16FN3O. The summed E-state index contributed by atoms with van der Waals surface area (Å²) in [6.07, 6.45) is 3.93. The van der Waals surface area contributed by atoms with Gasteiger partial charge in [-0.2, -0.15) is 0 Å². The fraction of sp³-hybridized carbons (Fsp3) is 0.500. The molecule has 1 aliphatic heterocycles. The summed E-state index contributed by atoms with van der Waals surface area (Å²) in [5, 5.41) is 0. The van der Waals surface area contributed by atoms with E-state index in [2.05, 4.69) is 4.98 Å². The number of likely N-dealkylation sites (tertiary alicyclic amines) is 1. The number of anilines is 1. The smallest absolute Gasteiger partial charge is 0.257 e. The van der Waals surface area contributed by atoms with Gasteiger partial charge in [0.05, 0.1) is 11.8 Å². The Labute approximate surface area is 99.6 Å². The lowest BCUT2D eigenvalue weighted by Crippen LogP contribution is -2.35. The highest BCUT2D eigenvalue weighted by Crippen LogP contribution is 2.23. The topological polar surface area (TPSA) is 59.2 Å². The molecule has 0 spiro atoms. The largest absolute Gasteiger partial charge is 0.383 e. The van der Waals surface area contributed by atoms with Crippen LogP contribution in [-0.4, -0.2) is 28.4 Å². The van der Waals surface area contributed by atoms with Crippen LogP contribution in [0.25, 0.3) is 0 Å². The molecule has 0 aromatic carbocycles. The van der Waals surface area contributed by atoms with Crippen molar-refractivity contribution in [3.63, 3.8) is 0 Å². The summed E-state index contributed by atoms with van der Waals surface area (Å²) >= 11 is 0. The molecule has 2 heterocycles. The molecule has 0 bridgehead atoms. The van der Waals surface area contributed by atoms with E-state index >= 15 is 0 Å². The zero-order valence-electron chi connectivity index (χ0n) is 9.82. The van der Waals surface area contributed by atoms with Crippen molar-refractivity contribution in [2.75, 3.05) is 12.3 Å². The molecule has 1 aliphatic rings. The van der Waals surface area contributed by atoms with Crippen LogP contribution in [0.3, 0.4) is 0 Å². The molecular weight excluding hydrogens is 221 g/mol. The summed E-state index contributed by atoms with van der Waals surface area (Å²) in [5.41, 5.74) is 5.79. The Kier molecular flexibility index (Phi) is 3.26. The number of halogens is 1. The molecule has 17 heavy (non-hydrogen) atoms. The van der Waals surface area contributed by atoms with E-state index in [9.17, 15) is 9.18 Å². The number of nitrogens with zero attached hydrogens (tertiary/aromatic N) is 2. The highest BCUT2D eigenvalue weighted by molar-refractivity contribution is 5.98. The number of amides is 1. The Hall–Kier alpha value is -1.65. The van der Waals surface area contributed by atoms with E-state index in [1.54, 1.807) is 4.90 Å². The minimum Gasteiger partial charge on any atom is -0.383 e. The van der Waals surface area contributed by atoms with E-state index in [1.807, 2.05) is 6.92 Å². The Morgan fingerprint density at radius 2 is 2.47 bits per heavy atom. The Morgan fingerprint density at radius 1 is 1.71 bits per heavy atom. The highest BCUT2D eigenvalue weighted by Gasteiger charge is 2.29. The van der Waals surface area contributed by atoms with Gasteiger partial charge in [0.15, 0.2) is 0 Å². The van der Waals surface area contributed by atoms with E-state index in [0.717, 1.165) is 31.5 Å². The van der Waals surface area contributed by atoms with Gasteiger partial charge in [0.2, 0.25) is 0 Å². The number of carbonyl (C=O) groups excluding carboxylic acids is 1. The lowest BCUT2D eigenvalue weighted by molar-refractivity contribution is 0.0734. The maximum absolute atomic E-state index is 13.1. The molecule has 5 heteroatoms. The molecule has 2 rings (SSSR count). The highest BCUT2D eigenvalue weighted by atomic mass is 19.1. The second-order valence-electron chi connectivity index (χ2n) is 4.29. The molecule has 0 radical (unpaired) electrons. The fourth-order valence-electron chi connectivity index (χ4n) is 2.30. The molecule has 1 unspecified atom stereocenters. The molecule has 1 amide bonds. The van der Waals surface area contributed by atoms with Crippen LogP contribution in [0.4, 0.5) is 10.2 Å². The van der Waals surface area contributed by atoms with Crippen molar-refractivity contribution < 1.29 is 9.18 Å². The van der Waals surface area contributed by atoms with Crippen molar-refractivity contribution in [3.8, 4) is 0 Å². The predicted molar refractivity (Wildman–Crippen MR) is 63.0 cm³/mol. The minimum absolute atomic E-state index is 0.0955. The molecule has 2 N–H and O–H groups in total. The fourth-order valence-corrected chi connectivity index (χ4v) is 2.30. The average molecular weight is 237 g/mol. The lowest BCUT2D eigenvalue weighted by Gasteiger charge is -2.24. The number of nitrogens with two attached hydrogens (primary N) is 1. The standard InChI is InChI=1S/C12H16FN3O/c1-2-9-4-3-5-16(9)12(17)10-6-8(13)7-15-11(10)14/h6-7,9H,2-5H2,1H3,(H2,14,15). The zero-order chi connectivity index (χ0) is 12.4. The van der Waals surface area contributed by atoms with Gasteiger partial charge in [0.1, 0.15) is 11.6 Å². The second kappa shape index (κ2) is 4.69. The maximum Gasteiger partial charge on any atom is 0.257 e. The van der Waals surface area contributed by atoms with Crippen molar-refractivity contribution in [1.29, 1.82) is 0 Å². The third kappa shape index (κ3) is 2.23. The van der Waals surface area contributed by atoms with Gasteiger partial charge in [0, 0.05) is 12.6 Å². The van der Waals surface area contributed by atoms with E-state index in [4.69, 9.17) is 5.73 Å². The minimum atomic E-state index is -0.533. The maximum atomic E-state index is 13.1. The third-order valence-corrected chi connectivity index (χ3v) is 3.22. The zero-order valence-corrected chi connectivity index (χ0v) is 9.82. The Balaban J connectivity index is 2.27. The third-order valence-electron chi connectivity index (χ3n) is 3.22. The van der Waals surface area contributed by atoms with Gasteiger partial charge in [-0.25, -0.2) is 9.37 Å². The quantitative estimate of drug-likeness (QED) is 0.853. The molecule has 1 aromatic heterocycles. The van der Waals surface area contributed by atoms with Crippen LogP contribution in [0.1, 0.15) is 36.5 Å². The summed E-state index contributed by atoms with van der Waals surface area (Å²) in [6, 6.07) is 1.40. The normalized spacial score (nSPS) is 19.6. The average Bonchev–Trinajstić information content (AvgIpc) is 2.79. The number of aromatic nitrogens is 1. The SMILES string of the molecule is CCC1CCCN1C(=O)c1cc(F)cnc1N. The number of hydrogen-bond acceptors (Lipinski definition) is 3. The number of rotatable bonds is 2. The second-order valence-corrected chi connectivity index (χ2v) is 4.29. The number of pyridine rings is 1. The molecule has 1 fully saturated rings. The molecule has 0 saturated carbocycles. The van der Waals surface area contributed by atoms with Crippen molar-refractivity contribution in [1.82, 2.24) is 9.88 Å². The van der Waals surface area contributed by atoms with Crippen molar-refractivity contribution in [3.05, 3.63) is 23.6 Å². The van der Waals surface area contributed by atoms with Crippen LogP contribution < -0.4 is 5.73 Å². The van der Waals surface area contributed by atoms with Crippen LogP contribution in [0.5, 0.6) is 0 Å². The van der Waals surface area contributed by atoms with Crippen molar-refractivity contribution >= 4 is 11.7 Å². The molecule has 92 valence electrons. The summed E-state index contributed by atoms with van der Waals surface area (Å²) in [6.45, 7) is 2.76. The van der Waals surface area contributed by atoms with Gasteiger partial charge in [-0.15, -0.1) is 0 Å². The summed E-state index contributed by atoms with van der Waals surface area (Å²) in [4.78, 5) is 17.7. The number of hydrogen-bond donors (Lipinski definition) is 1. The first-order valence-corrected chi connectivity index (χ1v) is 5.85.